The monoisotopic (exact) mass is 219 g/mol. The van der Waals surface area contributed by atoms with Crippen LogP contribution in [0.1, 0.15) is 0 Å². The number of halogens is 2. The fraction of sp³-hybridized carbons (Fsp3) is 0.800. The normalized spacial score (nSPS) is 11.9. The zero-order valence-electron chi connectivity index (χ0n) is 5.96. The van der Waals surface area contributed by atoms with Gasteiger partial charge in [0.15, 0.2) is 0 Å². The quantitative estimate of drug-likeness (QED) is 0.509. The van der Waals surface area contributed by atoms with Crippen LogP contribution in [0.3, 0.4) is 0 Å². The van der Waals surface area contributed by atoms with Crippen LogP contribution in [0, 0.1) is 6.66 Å². The number of alkyl halides is 2. The molecule has 3 nitrogen and oxygen atoms in total. The predicted octanol–water partition coefficient (Wildman–Crippen LogP) is 2.48. The van der Waals surface area contributed by atoms with Crippen LogP contribution in [0.25, 0.3) is 0 Å². The van der Waals surface area contributed by atoms with E-state index >= 15 is 0 Å². The van der Waals surface area contributed by atoms with Gasteiger partial charge in [0.05, 0.1) is 19.9 Å². The van der Waals surface area contributed by atoms with Crippen LogP contribution in [-0.2, 0) is 13.6 Å². The lowest BCUT2D eigenvalue weighted by atomic mass is 10.9. The van der Waals surface area contributed by atoms with Crippen LogP contribution in [0.2, 0.25) is 0 Å². The Labute approximate surface area is 76.5 Å². The molecule has 0 aliphatic heterocycles. The van der Waals surface area contributed by atoms with Gasteiger partial charge in [-0.25, -0.2) is 0 Å². The third-order valence-electron chi connectivity index (χ3n) is 0.730. The summed E-state index contributed by atoms with van der Waals surface area (Å²) in [5, 5.41) is 0. The molecule has 0 aromatic heterocycles. The first-order valence-corrected chi connectivity index (χ1v) is 5.77. The van der Waals surface area contributed by atoms with Gasteiger partial charge in [0.2, 0.25) is 0 Å². The summed E-state index contributed by atoms with van der Waals surface area (Å²) in [6, 6.07) is 0. The van der Waals surface area contributed by atoms with Crippen molar-refractivity contribution in [2.45, 2.75) is 0 Å². The first-order valence-electron chi connectivity index (χ1n) is 2.98. The summed E-state index contributed by atoms with van der Waals surface area (Å²) in [4.78, 5) is 0. The summed E-state index contributed by atoms with van der Waals surface area (Å²) in [5.41, 5.74) is 0. The van der Waals surface area contributed by atoms with Crippen LogP contribution >= 0.6 is 30.8 Å². The van der Waals surface area contributed by atoms with Crippen molar-refractivity contribution in [3.05, 3.63) is 6.66 Å². The van der Waals surface area contributed by atoms with E-state index in [0.717, 1.165) is 0 Å². The molecule has 0 saturated carbocycles. The second-order valence-electron chi connectivity index (χ2n) is 1.66. The van der Waals surface area contributed by atoms with E-state index in [2.05, 4.69) is 6.66 Å². The standard InChI is InChI=1S/C5H10Cl2O3P/c1-11(8,9-4-2-6)10-5-3-7/h1-5H2. The number of rotatable bonds is 6. The van der Waals surface area contributed by atoms with Crippen molar-refractivity contribution < 1.29 is 13.6 Å². The van der Waals surface area contributed by atoms with Gasteiger partial charge in [-0.15, -0.1) is 23.2 Å². The molecule has 0 aromatic rings. The zero-order chi connectivity index (χ0) is 8.74. The molecule has 0 fully saturated rings. The molecule has 67 valence electrons. The molecular formula is C5H10Cl2O3P. The van der Waals surface area contributed by atoms with E-state index in [1.165, 1.54) is 0 Å². The molecule has 0 heterocycles. The van der Waals surface area contributed by atoms with Crippen molar-refractivity contribution in [1.82, 2.24) is 0 Å². The summed E-state index contributed by atoms with van der Waals surface area (Å²) in [6.07, 6.45) is 0. The molecule has 0 amide bonds. The highest BCUT2D eigenvalue weighted by atomic mass is 35.5. The number of hydrogen-bond donors (Lipinski definition) is 0. The molecule has 0 aliphatic carbocycles. The van der Waals surface area contributed by atoms with E-state index in [1.54, 1.807) is 0 Å². The third-order valence-corrected chi connectivity index (χ3v) is 2.19. The SMILES string of the molecule is [CH2]P(=O)(OCCCl)OCCCl. The fourth-order valence-corrected chi connectivity index (χ4v) is 1.57. The van der Waals surface area contributed by atoms with E-state index in [9.17, 15) is 4.57 Å². The third kappa shape index (κ3) is 7.10. The lowest BCUT2D eigenvalue weighted by Gasteiger charge is -2.11. The van der Waals surface area contributed by atoms with Crippen LogP contribution in [0.4, 0.5) is 0 Å². The molecule has 0 bridgehead atoms. The molecule has 0 saturated heterocycles. The highest BCUT2D eigenvalue weighted by molar-refractivity contribution is 7.55. The Morgan fingerprint density at radius 1 is 1.18 bits per heavy atom. The fourth-order valence-electron chi connectivity index (χ4n) is 0.384. The smallest absolute Gasteiger partial charge is 0.307 e. The predicted molar refractivity (Wildman–Crippen MR) is 46.3 cm³/mol. The number of hydrogen-bond acceptors (Lipinski definition) is 3. The van der Waals surface area contributed by atoms with Gasteiger partial charge in [0.1, 0.15) is 0 Å². The molecule has 1 radical (unpaired) electrons. The molecule has 0 unspecified atom stereocenters. The maximum atomic E-state index is 11.1. The Morgan fingerprint density at radius 3 is 1.82 bits per heavy atom. The largest absolute Gasteiger partial charge is 0.331 e. The molecule has 6 heteroatoms. The van der Waals surface area contributed by atoms with E-state index in [4.69, 9.17) is 32.2 Å². The Morgan fingerprint density at radius 2 is 1.55 bits per heavy atom. The minimum Gasteiger partial charge on any atom is -0.307 e. The van der Waals surface area contributed by atoms with Gasteiger partial charge in [-0.05, 0) is 0 Å². The van der Waals surface area contributed by atoms with E-state index in [-0.39, 0.29) is 25.0 Å². The Hall–Kier alpha value is 0.730. The molecule has 0 atom stereocenters. The van der Waals surface area contributed by atoms with Crippen molar-refractivity contribution in [1.29, 1.82) is 0 Å². The van der Waals surface area contributed by atoms with Crippen molar-refractivity contribution in [3.8, 4) is 0 Å². The van der Waals surface area contributed by atoms with Crippen molar-refractivity contribution in [2.24, 2.45) is 0 Å². The molecular weight excluding hydrogens is 210 g/mol. The second-order valence-corrected chi connectivity index (χ2v) is 4.15. The van der Waals surface area contributed by atoms with Gasteiger partial charge in [0, 0.05) is 11.8 Å². The van der Waals surface area contributed by atoms with Crippen LogP contribution in [-0.4, -0.2) is 25.0 Å². The average Bonchev–Trinajstić information content (AvgIpc) is 1.97. The second kappa shape index (κ2) is 6.27. The van der Waals surface area contributed by atoms with Crippen LogP contribution < -0.4 is 0 Å². The van der Waals surface area contributed by atoms with E-state index < -0.39 is 7.60 Å². The Kier molecular flexibility index (Phi) is 6.68. The highest BCUT2D eigenvalue weighted by Gasteiger charge is 2.15. The summed E-state index contributed by atoms with van der Waals surface area (Å²) in [7, 11) is -3.14. The summed E-state index contributed by atoms with van der Waals surface area (Å²) >= 11 is 10.6. The highest BCUT2D eigenvalue weighted by Crippen LogP contribution is 2.45. The van der Waals surface area contributed by atoms with Crippen molar-refractivity contribution in [2.75, 3.05) is 25.0 Å². The molecule has 0 aliphatic rings. The summed E-state index contributed by atoms with van der Waals surface area (Å²) in [6.45, 7) is 3.58. The molecule has 11 heavy (non-hydrogen) atoms. The van der Waals surface area contributed by atoms with Gasteiger partial charge in [-0.2, -0.15) is 0 Å². The lowest BCUT2D eigenvalue weighted by molar-refractivity contribution is 0.230. The summed E-state index contributed by atoms with van der Waals surface area (Å²) < 4.78 is 20.5. The van der Waals surface area contributed by atoms with Crippen molar-refractivity contribution >= 4 is 30.8 Å². The maximum Gasteiger partial charge on any atom is 0.331 e. The van der Waals surface area contributed by atoms with Gasteiger partial charge in [-0.3, -0.25) is 4.57 Å². The average molecular weight is 220 g/mol. The molecule has 0 N–H and O–H groups in total. The van der Waals surface area contributed by atoms with E-state index in [1.807, 2.05) is 0 Å². The van der Waals surface area contributed by atoms with Gasteiger partial charge in [-0.1, -0.05) is 0 Å². The topological polar surface area (TPSA) is 35.5 Å². The van der Waals surface area contributed by atoms with Gasteiger partial charge in [0.25, 0.3) is 0 Å². The first kappa shape index (κ1) is 11.7. The van der Waals surface area contributed by atoms with Crippen LogP contribution in [0.5, 0.6) is 0 Å². The summed E-state index contributed by atoms with van der Waals surface area (Å²) in [5.74, 6) is 0.535. The van der Waals surface area contributed by atoms with Gasteiger partial charge >= 0.3 is 7.60 Å². The van der Waals surface area contributed by atoms with Gasteiger partial charge < -0.3 is 9.05 Å². The molecule has 0 rings (SSSR count). The lowest BCUT2D eigenvalue weighted by Crippen LogP contribution is -1.97. The minimum atomic E-state index is -3.14. The van der Waals surface area contributed by atoms with E-state index in [0.29, 0.717) is 0 Å². The maximum absolute atomic E-state index is 11.1. The van der Waals surface area contributed by atoms with Crippen LogP contribution in [0.15, 0.2) is 0 Å². The Bertz CT molecular complexity index is 130. The minimum absolute atomic E-state index is 0.171. The molecule has 0 aromatic carbocycles. The zero-order valence-corrected chi connectivity index (χ0v) is 8.37. The van der Waals surface area contributed by atoms with Crippen molar-refractivity contribution in [3.63, 3.8) is 0 Å². The Balaban J connectivity index is 3.53. The molecule has 0 spiro atoms. The first-order chi connectivity index (χ1) is 5.12.